The van der Waals surface area contributed by atoms with Crippen molar-refractivity contribution in [2.75, 3.05) is 4.90 Å². The highest BCUT2D eigenvalue weighted by Gasteiger charge is 2.50. The number of hydrogen-bond donors (Lipinski definition) is 0. The van der Waals surface area contributed by atoms with Crippen LogP contribution < -0.4 is 9.64 Å². The van der Waals surface area contributed by atoms with Crippen LogP contribution in [0.25, 0.3) is 10.9 Å². The number of fused-ring (bicyclic) bond motifs is 2. The summed E-state index contributed by atoms with van der Waals surface area (Å²) in [5, 5.41) is 0.867. The zero-order valence-corrected chi connectivity index (χ0v) is 17.2. The largest absolute Gasteiger partial charge is 0.421 e. The van der Waals surface area contributed by atoms with Gasteiger partial charge in [-0.3, -0.25) is 19.5 Å². The van der Waals surface area contributed by atoms with Gasteiger partial charge in [-0.15, -0.1) is 0 Å². The van der Waals surface area contributed by atoms with Gasteiger partial charge in [-0.05, 0) is 55.5 Å². The Balaban J connectivity index is 1.42. The van der Waals surface area contributed by atoms with Crippen molar-refractivity contribution >= 4 is 34.4 Å². The van der Waals surface area contributed by atoms with Gasteiger partial charge in [-0.2, -0.15) is 0 Å². The number of carbonyl (C=O) groups excluding carboxylic acids is 3. The molecular formula is C25H22N2O4. The molecule has 5 rings (SSSR count). The normalized spacial score (nSPS) is 23.1. The number of pyridine rings is 1. The van der Waals surface area contributed by atoms with Crippen molar-refractivity contribution in [2.45, 2.75) is 26.2 Å². The lowest BCUT2D eigenvalue weighted by Gasteiger charge is -2.25. The maximum Gasteiger partial charge on any atom is 0.343 e. The third-order valence-corrected chi connectivity index (χ3v) is 6.33. The minimum Gasteiger partial charge on any atom is -0.421 e. The van der Waals surface area contributed by atoms with E-state index in [1.54, 1.807) is 42.6 Å². The number of para-hydroxylation sites is 1. The second-order valence-corrected chi connectivity index (χ2v) is 8.41. The lowest BCUT2D eigenvalue weighted by Crippen LogP contribution is -2.31. The number of rotatable bonds is 3. The van der Waals surface area contributed by atoms with Crippen LogP contribution in [0, 0.1) is 17.8 Å². The van der Waals surface area contributed by atoms with Crippen molar-refractivity contribution in [1.29, 1.82) is 0 Å². The van der Waals surface area contributed by atoms with Crippen LogP contribution in [0.1, 0.15) is 36.5 Å². The third kappa shape index (κ3) is 3.38. The molecule has 1 aliphatic carbocycles. The van der Waals surface area contributed by atoms with Crippen molar-refractivity contribution < 1.29 is 19.1 Å². The van der Waals surface area contributed by atoms with Gasteiger partial charge in [0, 0.05) is 11.6 Å². The van der Waals surface area contributed by atoms with E-state index in [0.717, 1.165) is 24.6 Å². The molecule has 6 heteroatoms. The SMILES string of the molecule is C[C@@H]1CC[C@H]2C(=O)N(c3cccc(C(=O)Oc4cccc5cccnc45)c3)C(=O)[C@@H]2C1. The zero-order valence-electron chi connectivity index (χ0n) is 17.2. The number of carbonyl (C=O) groups is 3. The second kappa shape index (κ2) is 7.61. The van der Waals surface area contributed by atoms with Crippen LogP contribution in [0.2, 0.25) is 0 Å². The van der Waals surface area contributed by atoms with Gasteiger partial charge in [-0.1, -0.05) is 31.2 Å². The summed E-state index contributed by atoms with van der Waals surface area (Å²) >= 11 is 0. The molecule has 0 unspecified atom stereocenters. The van der Waals surface area contributed by atoms with Crippen LogP contribution in [0.4, 0.5) is 5.69 Å². The van der Waals surface area contributed by atoms with E-state index < -0.39 is 5.97 Å². The summed E-state index contributed by atoms with van der Waals surface area (Å²) < 4.78 is 5.60. The fraction of sp³-hybridized carbons (Fsp3) is 0.280. The lowest BCUT2D eigenvalue weighted by molar-refractivity contribution is -0.122. The monoisotopic (exact) mass is 414 g/mol. The summed E-state index contributed by atoms with van der Waals surface area (Å²) in [6, 6.07) is 15.6. The number of aromatic nitrogens is 1. The number of anilines is 1. The highest BCUT2D eigenvalue weighted by atomic mass is 16.5. The van der Waals surface area contributed by atoms with Gasteiger partial charge in [0.2, 0.25) is 11.8 Å². The number of benzene rings is 2. The number of ether oxygens (including phenoxy) is 1. The van der Waals surface area contributed by atoms with E-state index in [9.17, 15) is 14.4 Å². The molecule has 3 atom stereocenters. The maximum atomic E-state index is 13.0. The molecule has 3 aromatic rings. The average molecular weight is 414 g/mol. The van der Waals surface area contributed by atoms with E-state index in [0.29, 0.717) is 22.9 Å². The van der Waals surface area contributed by atoms with Crippen LogP contribution in [0.5, 0.6) is 5.75 Å². The molecule has 0 spiro atoms. The molecular weight excluding hydrogens is 392 g/mol. The number of imide groups is 1. The molecule has 2 fully saturated rings. The molecule has 0 N–H and O–H groups in total. The van der Waals surface area contributed by atoms with E-state index in [4.69, 9.17) is 4.74 Å². The van der Waals surface area contributed by atoms with Crippen LogP contribution in [-0.2, 0) is 9.59 Å². The molecule has 1 saturated heterocycles. The minimum absolute atomic E-state index is 0.161. The van der Waals surface area contributed by atoms with Crippen molar-refractivity contribution in [3.05, 3.63) is 66.4 Å². The molecule has 2 heterocycles. The smallest absolute Gasteiger partial charge is 0.343 e. The van der Waals surface area contributed by atoms with Crippen molar-refractivity contribution in [1.82, 2.24) is 4.98 Å². The Bertz CT molecular complexity index is 1200. The van der Waals surface area contributed by atoms with Gasteiger partial charge in [-0.25, -0.2) is 4.79 Å². The number of esters is 1. The fourth-order valence-corrected chi connectivity index (χ4v) is 4.73. The van der Waals surface area contributed by atoms with E-state index in [-0.39, 0.29) is 29.2 Å². The molecule has 0 bridgehead atoms. The Labute approximate surface area is 179 Å². The zero-order chi connectivity index (χ0) is 21.5. The molecule has 1 aliphatic heterocycles. The molecule has 2 amide bonds. The van der Waals surface area contributed by atoms with Crippen LogP contribution in [0.15, 0.2) is 60.8 Å². The molecule has 2 aromatic carbocycles. The summed E-state index contributed by atoms with van der Waals surface area (Å²) in [5.41, 5.74) is 1.29. The first-order valence-corrected chi connectivity index (χ1v) is 10.6. The Morgan fingerprint density at radius 2 is 1.77 bits per heavy atom. The lowest BCUT2D eigenvalue weighted by atomic mass is 9.76. The fourth-order valence-electron chi connectivity index (χ4n) is 4.73. The Morgan fingerprint density at radius 1 is 1.00 bits per heavy atom. The van der Waals surface area contributed by atoms with Crippen LogP contribution in [0.3, 0.4) is 0 Å². The van der Waals surface area contributed by atoms with E-state index in [1.807, 2.05) is 18.2 Å². The molecule has 1 saturated carbocycles. The Morgan fingerprint density at radius 3 is 2.65 bits per heavy atom. The third-order valence-electron chi connectivity index (χ3n) is 6.33. The van der Waals surface area contributed by atoms with E-state index >= 15 is 0 Å². The highest BCUT2D eigenvalue weighted by Crippen LogP contribution is 2.42. The molecule has 0 radical (unpaired) electrons. The number of hydrogen-bond acceptors (Lipinski definition) is 5. The second-order valence-electron chi connectivity index (χ2n) is 8.41. The van der Waals surface area contributed by atoms with Gasteiger partial charge in [0.25, 0.3) is 0 Å². The number of nitrogens with zero attached hydrogens (tertiary/aromatic N) is 2. The first kappa shape index (κ1) is 19.4. The van der Waals surface area contributed by atoms with Gasteiger partial charge >= 0.3 is 5.97 Å². The summed E-state index contributed by atoms with van der Waals surface area (Å²) in [7, 11) is 0. The first-order chi connectivity index (χ1) is 15.0. The summed E-state index contributed by atoms with van der Waals surface area (Å²) in [6.45, 7) is 2.12. The average Bonchev–Trinajstić information content (AvgIpc) is 3.03. The summed E-state index contributed by atoms with van der Waals surface area (Å²) in [5.74, 6) is -0.591. The van der Waals surface area contributed by atoms with Gasteiger partial charge in [0.15, 0.2) is 5.75 Å². The maximum absolute atomic E-state index is 13.0. The van der Waals surface area contributed by atoms with E-state index in [1.165, 1.54) is 4.90 Å². The minimum atomic E-state index is -0.565. The molecule has 156 valence electrons. The quantitative estimate of drug-likeness (QED) is 0.361. The van der Waals surface area contributed by atoms with Crippen LogP contribution in [-0.4, -0.2) is 22.8 Å². The van der Waals surface area contributed by atoms with Gasteiger partial charge in [0.1, 0.15) is 5.52 Å². The van der Waals surface area contributed by atoms with Gasteiger partial charge in [0.05, 0.1) is 23.1 Å². The van der Waals surface area contributed by atoms with Crippen molar-refractivity contribution in [3.63, 3.8) is 0 Å². The van der Waals surface area contributed by atoms with Crippen LogP contribution >= 0.6 is 0 Å². The number of amides is 2. The summed E-state index contributed by atoms with van der Waals surface area (Å²) in [6.07, 6.45) is 4.08. The first-order valence-electron chi connectivity index (χ1n) is 10.6. The summed E-state index contributed by atoms with van der Waals surface area (Å²) in [4.78, 5) is 44.4. The van der Waals surface area contributed by atoms with Crippen molar-refractivity contribution in [3.8, 4) is 5.75 Å². The predicted molar refractivity (Wildman–Crippen MR) is 116 cm³/mol. The molecule has 6 nitrogen and oxygen atoms in total. The Hall–Kier alpha value is -3.54. The standard InChI is InChI=1S/C25H22N2O4/c1-15-10-11-19-20(13-15)24(29)27(23(19)28)18-8-2-6-17(14-18)25(30)31-21-9-3-5-16-7-4-12-26-22(16)21/h2-9,12,14-15,19-20H,10-11,13H2,1H3/t15-,19-,20-/m1/s1. The topological polar surface area (TPSA) is 76.6 Å². The molecule has 1 aromatic heterocycles. The van der Waals surface area contributed by atoms with Gasteiger partial charge < -0.3 is 4.74 Å². The highest BCUT2D eigenvalue weighted by molar-refractivity contribution is 6.22. The molecule has 2 aliphatic rings. The van der Waals surface area contributed by atoms with E-state index in [2.05, 4.69) is 11.9 Å². The predicted octanol–water partition coefficient (Wildman–Crippen LogP) is 4.38. The molecule has 31 heavy (non-hydrogen) atoms. The van der Waals surface area contributed by atoms with Crippen molar-refractivity contribution in [2.24, 2.45) is 17.8 Å². The Kier molecular flexibility index (Phi) is 4.77.